The lowest BCUT2D eigenvalue weighted by atomic mass is 9.53. The fourth-order valence-corrected chi connectivity index (χ4v) is 8.33. The van der Waals surface area contributed by atoms with Crippen LogP contribution >= 0.6 is 0 Å². The van der Waals surface area contributed by atoms with E-state index in [-0.39, 0.29) is 35.5 Å². The first-order valence-electron chi connectivity index (χ1n) is 11.5. The molecule has 0 radical (unpaired) electrons. The minimum atomic E-state index is -0.169. The molecule has 6 aliphatic carbocycles. The first kappa shape index (κ1) is 16.6. The number of aryl methyl sites for hydroxylation is 1. The van der Waals surface area contributed by atoms with Crippen molar-refractivity contribution in [2.75, 3.05) is 4.90 Å². The number of carbonyl (C=O) groups is 2. The number of benzene rings is 1. The highest BCUT2D eigenvalue weighted by molar-refractivity contribution is 6.23. The van der Waals surface area contributed by atoms with Gasteiger partial charge in [-0.1, -0.05) is 35.4 Å². The van der Waals surface area contributed by atoms with Gasteiger partial charge in [-0.05, 0) is 80.4 Å². The summed E-state index contributed by atoms with van der Waals surface area (Å²) in [5.41, 5.74) is 5.05. The highest BCUT2D eigenvalue weighted by Crippen LogP contribution is 2.63. The summed E-state index contributed by atoms with van der Waals surface area (Å²) < 4.78 is 0. The van der Waals surface area contributed by atoms with Crippen molar-refractivity contribution in [3.8, 4) is 0 Å². The number of nitrogens with zero attached hydrogens (tertiary/aromatic N) is 1. The van der Waals surface area contributed by atoms with Gasteiger partial charge in [-0.2, -0.15) is 0 Å². The van der Waals surface area contributed by atoms with E-state index in [2.05, 4.69) is 12.2 Å². The van der Waals surface area contributed by atoms with Crippen LogP contribution in [0, 0.1) is 54.3 Å². The topological polar surface area (TPSA) is 37.4 Å². The van der Waals surface area contributed by atoms with Crippen LogP contribution in [0.25, 0.3) is 0 Å². The third kappa shape index (κ3) is 2.04. The van der Waals surface area contributed by atoms with Gasteiger partial charge in [-0.3, -0.25) is 9.59 Å². The largest absolute Gasteiger partial charge is 0.274 e. The van der Waals surface area contributed by atoms with E-state index in [0.717, 1.165) is 34.9 Å². The lowest BCUT2D eigenvalue weighted by Gasteiger charge is -2.52. The Kier molecular flexibility index (Phi) is 3.15. The van der Waals surface area contributed by atoms with Crippen molar-refractivity contribution in [3.63, 3.8) is 0 Å². The molecule has 29 heavy (non-hydrogen) atoms. The molecular weight excluding hydrogens is 358 g/mol. The molecule has 5 saturated carbocycles. The van der Waals surface area contributed by atoms with Gasteiger partial charge in [0.15, 0.2) is 0 Å². The van der Waals surface area contributed by atoms with E-state index >= 15 is 0 Å². The molecule has 1 saturated heterocycles. The van der Waals surface area contributed by atoms with Gasteiger partial charge in [0.2, 0.25) is 11.8 Å². The van der Waals surface area contributed by atoms with Crippen LogP contribution in [-0.4, -0.2) is 11.8 Å². The van der Waals surface area contributed by atoms with Crippen molar-refractivity contribution in [2.45, 2.75) is 39.0 Å². The fourth-order valence-electron chi connectivity index (χ4n) is 8.33. The molecule has 1 heterocycles. The van der Waals surface area contributed by atoms with Crippen molar-refractivity contribution in [1.82, 2.24) is 0 Å². The summed E-state index contributed by atoms with van der Waals surface area (Å²) in [7, 11) is 0. The van der Waals surface area contributed by atoms with Crippen LogP contribution in [-0.2, 0) is 9.59 Å². The average Bonchev–Trinajstić information content (AvgIpc) is 3.31. The van der Waals surface area contributed by atoms with Crippen LogP contribution in [0.3, 0.4) is 0 Å². The van der Waals surface area contributed by atoms with Gasteiger partial charge in [0.1, 0.15) is 0 Å². The molecule has 8 rings (SSSR count). The molecular formula is C26H27NO2. The average molecular weight is 386 g/mol. The number of amides is 2. The SMILES string of the molecule is Cc1cccc(N2C(=O)[C@H]3[C@H](C2=O)[C@H]2C=C[C@H]3C2=C2C3CC4CC(C3)CC2C4)c1. The Morgan fingerprint density at radius 3 is 1.93 bits per heavy atom. The van der Waals surface area contributed by atoms with Crippen molar-refractivity contribution in [3.05, 3.63) is 53.1 Å². The summed E-state index contributed by atoms with van der Waals surface area (Å²) in [6.45, 7) is 2.01. The van der Waals surface area contributed by atoms with Crippen LogP contribution in [0.15, 0.2) is 47.6 Å². The zero-order valence-electron chi connectivity index (χ0n) is 16.9. The molecule has 2 amide bonds. The van der Waals surface area contributed by atoms with Gasteiger partial charge < -0.3 is 0 Å². The lowest BCUT2D eigenvalue weighted by Crippen LogP contribution is -2.41. The molecule has 1 aromatic rings. The summed E-state index contributed by atoms with van der Waals surface area (Å²) in [5.74, 6) is 3.42. The molecule has 1 aliphatic heterocycles. The molecule has 6 fully saturated rings. The van der Waals surface area contributed by atoms with Crippen LogP contribution in [0.2, 0.25) is 0 Å². The third-order valence-corrected chi connectivity index (χ3v) is 9.03. The zero-order valence-corrected chi connectivity index (χ0v) is 16.9. The van der Waals surface area contributed by atoms with Gasteiger partial charge >= 0.3 is 0 Å². The maximum atomic E-state index is 13.5. The second-order valence-corrected chi connectivity index (χ2v) is 10.6. The maximum Gasteiger partial charge on any atom is 0.238 e. The van der Waals surface area contributed by atoms with E-state index in [1.807, 2.05) is 31.2 Å². The number of carbonyl (C=O) groups excluding carboxylic acids is 2. The Labute approximate surface area is 171 Å². The van der Waals surface area contributed by atoms with Gasteiger partial charge in [0.05, 0.1) is 17.5 Å². The predicted molar refractivity (Wildman–Crippen MR) is 111 cm³/mol. The first-order chi connectivity index (χ1) is 14.1. The Bertz CT molecular complexity index is 953. The van der Waals surface area contributed by atoms with Crippen LogP contribution in [0.1, 0.15) is 37.7 Å². The normalized spacial score (nSPS) is 43.8. The quantitative estimate of drug-likeness (QED) is 0.520. The van der Waals surface area contributed by atoms with E-state index in [0.29, 0.717) is 0 Å². The summed E-state index contributed by atoms with van der Waals surface area (Å²) in [5, 5.41) is 0. The van der Waals surface area contributed by atoms with E-state index in [4.69, 9.17) is 0 Å². The molecule has 6 bridgehead atoms. The van der Waals surface area contributed by atoms with Crippen LogP contribution in [0.4, 0.5) is 5.69 Å². The molecule has 0 aromatic heterocycles. The summed E-state index contributed by atoms with van der Waals surface area (Å²) in [6, 6.07) is 7.81. The zero-order chi connectivity index (χ0) is 19.4. The number of allylic oxidation sites excluding steroid dienone is 4. The van der Waals surface area contributed by atoms with Gasteiger partial charge in [0, 0.05) is 11.8 Å². The Morgan fingerprint density at radius 1 is 0.793 bits per heavy atom. The minimum Gasteiger partial charge on any atom is -0.274 e. The molecule has 7 aliphatic rings. The second kappa shape index (κ2) is 5.50. The molecule has 0 N–H and O–H groups in total. The monoisotopic (exact) mass is 385 g/mol. The Hall–Kier alpha value is -2.16. The number of hydrogen-bond donors (Lipinski definition) is 0. The molecule has 148 valence electrons. The number of imide groups is 1. The standard InChI is InChI=1S/C26H27NO2/c1-13-3-2-4-18(7-13)27-25(28)23-19-5-6-20(24(23)26(27)29)22(19)21-16-9-14-8-15(11-16)12-17(21)10-14/h2-7,14-17,19-20,23-24H,8-12H2,1H3/t14?,15?,16?,17?,19-,20-,23+,24+/m0/s1. The van der Waals surface area contributed by atoms with E-state index in [1.54, 1.807) is 5.57 Å². The smallest absolute Gasteiger partial charge is 0.238 e. The summed E-state index contributed by atoms with van der Waals surface area (Å²) >= 11 is 0. The number of hydrogen-bond acceptors (Lipinski definition) is 2. The number of anilines is 1. The third-order valence-electron chi connectivity index (χ3n) is 9.03. The highest BCUT2D eigenvalue weighted by atomic mass is 16.2. The second-order valence-electron chi connectivity index (χ2n) is 10.6. The molecule has 3 heteroatoms. The van der Waals surface area contributed by atoms with Crippen molar-refractivity contribution >= 4 is 17.5 Å². The van der Waals surface area contributed by atoms with Crippen molar-refractivity contribution in [2.24, 2.45) is 47.3 Å². The molecule has 3 nitrogen and oxygen atoms in total. The Morgan fingerprint density at radius 2 is 1.38 bits per heavy atom. The molecule has 0 unspecified atom stereocenters. The molecule has 4 atom stereocenters. The first-order valence-corrected chi connectivity index (χ1v) is 11.5. The van der Waals surface area contributed by atoms with Crippen LogP contribution in [0.5, 0.6) is 0 Å². The van der Waals surface area contributed by atoms with Gasteiger partial charge in [0.25, 0.3) is 0 Å². The van der Waals surface area contributed by atoms with Gasteiger partial charge in [-0.25, -0.2) is 4.90 Å². The number of rotatable bonds is 1. The highest BCUT2D eigenvalue weighted by Gasteiger charge is 2.63. The molecule has 0 spiro atoms. The van der Waals surface area contributed by atoms with E-state index in [9.17, 15) is 9.59 Å². The fraction of sp³-hybridized carbons (Fsp3) is 0.538. The lowest BCUT2D eigenvalue weighted by molar-refractivity contribution is -0.122. The van der Waals surface area contributed by atoms with E-state index in [1.165, 1.54) is 42.6 Å². The van der Waals surface area contributed by atoms with Gasteiger partial charge in [-0.15, -0.1) is 0 Å². The Balaban J connectivity index is 1.29. The summed E-state index contributed by atoms with van der Waals surface area (Å²) in [4.78, 5) is 28.5. The van der Waals surface area contributed by atoms with Crippen molar-refractivity contribution in [1.29, 1.82) is 0 Å². The molecule has 1 aromatic carbocycles. The predicted octanol–water partition coefficient (Wildman–Crippen LogP) is 4.67. The number of fused-ring (bicyclic) bond motifs is 5. The summed E-state index contributed by atoms with van der Waals surface area (Å²) in [6.07, 6.45) is 11.4. The van der Waals surface area contributed by atoms with Crippen molar-refractivity contribution < 1.29 is 9.59 Å². The minimum absolute atomic E-state index is 0.0318. The van der Waals surface area contributed by atoms with E-state index < -0.39 is 0 Å². The maximum absolute atomic E-state index is 13.5. The van der Waals surface area contributed by atoms with Crippen LogP contribution < -0.4 is 4.90 Å².